The molecule has 2 aliphatic heterocycles. The van der Waals surface area contributed by atoms with Gasteiger partial charge in [-0.25, -0.2) is 19.9 Å². The number of nitrogens with zero attached hydrogens (tertiary/aromatic N) is 6. The molecule has 8 rings (SSSR count). The molecule has 0 atom stereocenters. The van der Waals surface area contributed by atoms with Crippen LogP contribution in [-0.4, -0.2) is 104 Å². The highest BCUT2D eigenvalue weighted by molar-refractivity contribution is 9.10. The van der Waals surface area contributed by atoms with Gasteiger partial charge in [-0.3, -0.25) is 19.2 Å². The molecule has 0 radical (unpaired) electrons. The van der Waals surface area contributed by atoms with Gasteiger partial charge in [0.15, 0.2) is 0 Å². The van der Waals surface area contributed by atoms with E-state index in [2.05, 4.69) is 61.3 Å². The summed E-state index contributed by atoms with van der Waals surface area (Å²) >= 11 is 22.9. The Bertz CT molecular complexity index is 3410. The fourth-order valence-electron chi connectivity index (χ4n) is 8.92. The van der Waals surface area contributed by atoms with Crippen molar-refractivity contribution in [2.45, 2.75) is 109 Å². The van der Waals surface area contributed by atoms with Crippen LogP contribution in [0.5, 0.6) is 11.5 Å². The van der Waals surface area contributed by atoms with Crippen LogP contribution in [0.25, 0.3) is 22.5 Å². The third-order valence-electron chi connectivity index (χ3n) is 12.7. The number of ether oxygens (including phenoxy) is 3. The number of aromatic nitrogens is 4. The molecule has 84 heavy (non-hydrogen) atoms. The fourth-order valence-corrected chi connectivity index (χ4v) is 14.9. The van der Waals surface area contributed by atoms with E-state index >= 15 is 0 Å². The Morgan fingerprint density at radius 2 is 0.964 bits per heavy atom. The largest absolute Gasteiger partial charge is 0.573 e. The Hall–Kier alpha value is -4.86. The molecule has 6 aromatic rings. The standard InChI is InChI=1S/C26H23BrClF6N3O4S2.C24H19BrClF6N3O4S2/c1-3-40-20(39)10-16-12(2)42-18(35-16)11-19(38)37-6-4-13(5-7-37)24-36-22(23(28)43-24)14-8-15(27)21(25(29,30)31)17(9-14)41-26(32,33)34;1-10-14(8-18(37)38)33-16(40-10)9-17(36)35-4-2-11(3-5-35)22-34-20(21(26)41-22)12-6-13(25)19(23(27,28)29)15(7-12)39-24(30,31)32/h8-9,13H,3-7,10-11H2,1-2H3;6-7,11H,2-5,8-9H2,1H3,(H,37,38). The Kier molecular flexibility index (Phi) is 21.5. The van der Waals surface area contributed by atoms with Crippen molar-refractivity contribution in [1.29, 1.82) is 0 Å². The zero-order valence-corrected chi connectivity index (χ0v) is 51.3. The minimum atomic E-state index is -5.36. The SMILES string of the molecule is CCOC(=O)Cc1nc(CC(=O)N2CCC(c3nc(-c4cc(Br)c(C(F)(F)F)c(OC(F)(F)F)c4)c(Cl)s3)CC2)sc1C.Cc1sc(CC(=O)N2CCC(c3nc(-c4cc(Br)c(C(F)(F)F)c(OC(F)(F)F)c4)c(Cl)s3)CC2)nc1CC(=O)O. The summed E-state index contributed by atoms with van der Waals surface area (Å²) in [7, 11) is 0. The van der Waals surface area contributed by atoms with E-state index in [0.29, 0.717) is 95.4 Å². The molecule has 2 saturated heterocycles. The highest BCUT2D eigenvalue weighted by atomic mass is 79.9. The second-order valence-corrected chi connectivity index (χ2v) is 26.1. The molecule has 0 saturated carbocycles. The summed E-state index contributed by atoms with van der Waals surface area (Å²) in [6, 6.07) is 3.21. The van der Waals surface area contributed by atoms with Gasteiger partial charge < -0.3 is 29.1 Å². The lowest BCUT2D eigenvalue weighted by Gasteiger charge is -2.31. The number of carboxylic acid groups (broad SMARTS) is 1. The number of aliphatic carboxylic acids is 1. The number of benzene rings is 2. The van der Waals surface area contributed by atoms with Gasteiger partial charge in [0.25, 0.3) is 0 Å². The van der Waals surface area contributed by atoms with Gasteiger partial charge in [0.2, 0.25) is 11.8 Å². The van der Waals surface area contributed by atoms with E-state index in [4.69, 9.17) is 33.0 Å². The predicted molar refractivity (Wildman–Crippen MR) is 294 cm³/mol. The van der Waals surface area contributed by atoms with E-state index in [1.165, 1.54) is 22.7 Å². The highest BCUT2D eigenvalue weighted by Crippen LogP contribution is 2.49. The van der Waals surface area contributed by atoms with Gasteiger partial charge in [-0.05, 0) is 70.7 Å². The first-order valence-electron chi connectivity index (χ1n) is 24.6. The van der Waals surface area contributed by atoms with Crippen molar-refractivity contribution in [3.05, 3.63) is 94.2 Å². The van der Waals surface area contributed by atoms with Crippen LogP contribution in [0.4, 0.5) is 52.7 Å². The summed E-state index contributed by atoms with van der Waals surface area (Å²) in [4.78, 5) is 71.1. The van der Waals surface area contributed by atoms with Crippen LogP contribution in [0, 0.1) is 13.8 Å². The molecule has 34 heteroatoms. The normalized spacial score (nSPS) is 14.8. The van der Waals surface area contributed by atoms with Crippen molar-refractivity contribution in [3.8, 4) is 34.0 Å². The number of halogens is 16. The number of amides is 2. The van der Waals surface area contributed by atoms with Crippen LogP contribution < -0.4 is 9.47 Å². The Morgan fingerprint density at radius 3 is 1.30 bits per heavy atom. The van der Waals surface area contributed by atoms with Crippen molar-refractivity contribution in [3.63, 3.8) is 0 Å². The topological polar surface area (TPSA) is 174 Å². The van der Waals surface area contributed by atoms with Crippen molar-refractivity contribution < 1.29 is 91.2 Å². The zero-order chi connectivity index (χ0) is 62.0. The maximum Gasteiger partial charge on any atom is 0.573 e. The highest BCUT2D eigenvalue weighted by Gasteiger charge is 2.44. The average Bonchev–Trinajstić information content (AvgIpc) is 2.72. The Labute approximate surface area is 511 Å². The third kappa shape index (κ3) is 17.4. The molecule has 2 amide bonds. The molecule has 14 nitrogen and oxygen atoms in total. The molecule has 6 heterocycles. The first-order valence-corrected chi connectivity index (χ1v) is 30.2. The minimum Gasteiger partial charge on any atom is -0.481 e. The van der Waals surface area contributed by atoms with E-state index in [-0.39, 0.29) is 93.1 Å². The number of piperidine rings is 2. The summed E-state index contributed by atoms with van der Waals surface area (Å²) in [6.45, 7) is 7.14. The van der Waals surface area contributed by atoms with E-state index in [1.807, 2.05) is 6.92 Å². The first-order chi connectivity index (χ1) is 39.1. The van der Waals surface area contributed by atoms with Gasteiger partial charge in [0.1, 0.15) is 52.7 Å². The van der Waals surface area contributed by atoms with Crippen LogP contribution >= 0.6 is 100 Å². The second-order valence-electron chi connectivity index (χ2n) is 18.5. The first kappa shape index (κ1) is 66.7. The molecule has 2 fully saturated rings. The van der Waals surface area contributed by atoms with Crippen molar-refractivity contribution in [1.82, 2.24) is 29.7 Å². The number of esters is 1. The number of likely N-dealkylation sites (tertiary alicyclic amines) is 2. The summed E-state index contributed by atoms with van der Waals surface area (Å²) in [5, 5.41) is 11.2. The number of thiazole rings is 4. The molecule has 2 aromatic carbocycles. The zero-order valence-electron chi connectivity index (χ0n) is 43.3. The molecule has 4 aromatic heterocycles. The fraction of sp³-hybridized carbons (Fsp3) is 0.440. The van der Waals surface area contributed by atoms with Crippen molar-refractivity contribution >= 4 is 124 Å². The van der Waals surface area contributed by atoms with Crippen LogP contribution in [0.2, 0.25) is 8.67 Å². The second kappa shape index (κ2) is 27.0. The number of carbonyl (C=O) groups excluding carboxylic acids is 3. The van der Waals surface area contributed by atoms with E-state index in [9.17, 15) is 71.9 Å². The van der Waals surface area contributed by atoms with Gasteiger partial charge in [-0.15, -0.1) is 71.7 Å². The van der Waals surface area contributed by atoms with Crippen molar-refractivity contribution in [2.24, 2.45) is 0 Å². The number of aryl methyl sites for hydroxylation is 2. The minimum absolute atomic E-state index is 0.0166. The summed E-state index contributed by atoms with van der Waals surface area (Å²) in [5.41, 5.74) is -2.35. The number of hydrogen-bond acceptors (Lipinski definition) is 15. The molecule has 0 spiro atoms. The van der Waals surface area contributed by atoms with Crippen LogP contribution in [0.3, 0.4) is 0 Å². The molecule has 1 N–H and O–H groups in total. The summed E-state index contributed by atoms with van der Waals surface area (Å²) < 4.78 is 169. The molecule has 2 aliphatic rings. The quantitative estimate of drug-likeness (QED) is 0.0762. The van der Waals surface area contributed by atoms with Crippen LogP contribution in [0.15, 0.2) is 33.2 Å². The lowest BCUT2D eigenvalue weighted by molar-refractivity contribution is -0.277. The lowest BCUT2D eigenvalue weighted by Crippen LogP contribution is -2.38. The number of hydrogen-bond donors (Lipinski definition) is 1. The predicted octanol–water partition coefficient (Wildman–Crippen LogP) is 15.4. The molecular formula is C50H42Br2Cl2F12N6O8S4. The van der Waals surface area contributed by atoms with E-state index in [1.54, 1.807) is 23.6 Å². The lowest BCUT2D eigenvalue weighted by atomic mass is 9.97. The number of carbonyl (C=O) groups is 4. The van der Waals surface area contributed by atoms with E-state index in [0.717, 1.165) is 44.6 Å². The monoisotopic (exact) mass is 1440 g/mol. The average molecular weight is 1440 g/mol. The molecule has 0 bridgehead atoms. The van der Waals surface area contributed by atoms with Crippen molar-refractivity contribution in [2.75, 3.05) is 32.8 Å². The van der Waals surface area contributed by atoms with Crippen LogP contribution in [-0.2, 0) is 62.0 Å². The third-order valence-corrected chi connectivity index (χ3v) is 18.8. The van der Waals surface area contributed by atoms with Gasteiger partial charge >= 0.3 is 37.0 Å². The van der Waals surface area contributed by atoms with Gasteiger partial charge in [-0.1, -0.05) is 55.1 Å². The number of rotatable bonds is 15. The van der Waals surface area contributed by atoms with E-state index < -0.39 is 62.6 Å². The summed E-state index contributed by atoms with van der Waals surface area (Å²) in [6.07, 6.45) is -19.0. The maximum atomic E-state index is 13.5. The number of alkyl halides is 12. The number of carboxylic acids is 1. The smallest absolute Gasteiger partial charge is 0.481 e. The molecule has 0 aliphatic carbocycles. The Balaban J connectivity index is 0.000000241. The summed E-state index contributed by atoms with van der Waals surface area (Å²) in [5.74, 6) is -4.80. The van der Waals surface area contributed by atoms with Gasteiger partial charge in [-0.2, -0.15) is 26.3 Å². The van der Waals surface area contributed by atoms with Crippen LogP contribution in [0.1, 0.15) is 96.7 Å². The molecule has 0 unspecified atom stereocenters. The molecule has 456 valence electrons. The van der Waals surface area contributed by atoms with Gasteiger partial charge in [0, 0.05) is 67.8 Å². The maximum absolute atomic E-state index is 13.5. The Morgan fingerprint density at radius 1 is 0.595 bits per heavy atom. The molecular weight excluding hydrogens is 1400 g/mol. The van der Waals surface area contributed by atoms with Gasteiger partial charge in [0.05, 0.1) is 53.7 Å².